The van der Waals surface area contributed by atoms with Crippen molar-refractivity contribution in [3.8, 4) is 0 Å². The van der Waals surface area contributed by atoms with Crippen LogP contribution in [0.15, 0.2) is 95.9 Å². The Labute approximate surface area is 232 Å². The standard InChI is InChI=1S/C31H26ClN3O3S/c1-21-8-15-27(16-9-21)39(37,38)34-31(36)25-14-17-29-30(19-25)35(22(2)33-29)20-26-13-12-24(18-28(26)32)11-10-23-6-4-3-5-7-23/h3-19H,20H2,1-2H3,(H,34,36)/b11-10+. The van der Waals surface area contributed by atoms with E-state index in [0.29, 0.717) is 22.6 Å². The molecule has 1 aromatic heterocycles. The van der Waals surface area contributed by atoms with Gasteiger partial charge in [-0.25, -0.2) is 18.1 Å². The first-order valence-corrected chi connectivity index (χ1v) is 14.2. The molecular weight excluding hydrogens is 530 g/mol. The van der Waals surface area contributed by atoms with Crippen LogP contribution in [0.3, 0.4) is 0 Å². The Morgan fingerprint density at radius 2 is 1.62 bits per heavy atom. The van der Waals surface area contributed by atoms with Crippen LogP contribution in [0.1, 0.15) is 38.4 Å². The fraction of sp³-hybridized carbons (Fsp3) is 0.0968. The Morgan fingerprint density at radius 1 is 0.897 bits per heavy atom. The summed E-state index contributed by atoms with van der Waals surface area (Å²) in [6.45, 7) is 4.18. The SMILES string of the molecule is Cc1ccc(S(=O)(=O)NC(=O)c2ccc3nc(C)n(Cc4ccc(/C=C/c5ccccc5)cc4Cl)c3c2)cc1. The van der Waals surface area contributed by atoms with Crippen molar-refractivity contribution >= 4 is 50.7 Å². The highest BCUT2D eigenvalue weighted by Gasteiger charge is 2.20. The second-order valence-corrected chi connectivity index (χ2v) is 11.4. The normalized spacial score (nSPS) is 11.8. The van der Waals surface area contributed by atoms with Gasteiger partial charge in [0.25, 0.3) is 15.9 Å². The second kappa shape index (κ2) is 10.9. The van der Waals surface area contributed by atoms with Crippen LogP contribution >= 0.6 is 11.6 Å². The summed E-state index contributed by atoms with van der Waals surface area (Å²) >= 11 is 6.66. The predicted octanol–water partition coefficient (Wildman–Crippen LogP) is 6.64. The number of nitrogens with one attached hydrogen (secondary N) is 1. The van der Waals surface area contributed by atoms with Crippen molar-refractivity contribution in [3.63, 3.8) is 0 Å². The number of aromatic nitrogens is 2. The maximum Gasteiger partial charge on any atom is 0.265 e. The van der Waals surface area contributed by atoms with Crippen molar-refractivity contribution in [3.05, 3.63) is 130 Å². The van der Waals surface area contributed by atoms with E-state index in [4.69, 9.17) is 11.6 Å². The molecule has 1 heterocycles. The largest absolute Gasteiger partial charge is 0.324 e. The number of carbonyl (C=O) groups excluding carboxylic acids is 1. The zero-order valence-electron chi connectivity index (χ0n) is 21.4. The molecule has 0 aliphatic rings. The van der Waals surface area contributed by atoms with Gasteiger partial charge in [-0.05, 0) is 66.9 Å². The van der Waals surface area contributed by atoms with E-state index in [0.717, 1.165) is 28.1 Å². The third kappa shape index (κ3) is 5.95. The molecule has 0 aliphatic heterocycles. The molecule has 4 aromatic carbocycles. The maximum atomic E-state index is 12.9. The fourth-order valence-electron chi connectivity index (χ4n) is 4.26. The number of fused-ring (bicyclic) bond motifs is 1. The first kappa shape index (κ1) is 26.4. The number of imidazole rings is 1. The van der Waals surface area contributed by atoms with Gasteiger partial charge in [-0.3, -0.25) is 4.79 Å². The minimum absolute atomic E-state index is 0.0279. The lowest BCUT2D eigenvalue weighted by molar-refractivity contribution is 0.0981. The first-order valence-electron chi connectivity index (χ1n) is 12.3. The molecule has 0 atom stereocenters. The minimum Gasteiger partial charge on any atom is -0.324 e. The lowest BCUT2D eigenvalue weighted by Crippen LogP contribution is -2.30. The van der Waals surface area contributed by atoms with Crippen molar-refractivity contribution in [1.82, 2.24) is 14.3 Å². The van der Waals surface area contributed by atoms with E-state index in [1.54, 1.807) is 30.3 Å². The van der Waals surface area contributed by atoms with Gasteiger partial charge in [-0.1, -0.05) is 83.9 Å². The summed E-state index contributed by atoms with van der Waals surface area (Å²) in [5, 5.41) is 0.615. The van der Waals surface area contributed by atoms with E-state index in [2.05, 4.69) is 9.71 Å². The van der Waals surface area contributed by atoms with Crippen molar-refractivity contribution in [1.29, 1.82) is 0 Å². The van der Waals surface area contributed by atoms with E-state index < -0.39 is 15.9 Å². The molecule has 196 valence electrons. The van der Waals surface area contributed by atoms with Crippen LogP contribution in [0.2, 0.25) is 5.02 Å². The number of hydrogen-bond donors (Lipinski definition) is 1. The number of aryl methyl sites for hydroxylation is 2. The molecule has 5 rings (SSSR count). The lowest BCUT2D eigenvalue weighted by atomic mass is 10.1. The van der Waals surface area contributed by atoms with Crippen molar-refractivity contribution < 1.29 is 13.2 Å². The van der Waals surface area contributed by atoms with Gasteiger partial charge < -0.3 is 4.57 Å². The zero-order chi connectivity index (χ0) is 27.6. The quantitative estimate of drug-likeness (QED) is 0.228. The molecule has 39 heavy (non-hydrogen) atoms. The van der Waals surface area contributed by atoms with Gasteiger partial charge in [0.2, 0.25) is 0 Å². The van der Waals surface area contributed by atoms with E-state index >= 15 is 0 Å². The van der Waals surface area contributed by atoms with Gasteiger partial charge in [0.15, 0.2) is 0 Å². The third-order valence-corrected chi connectivity index (χ3v) is 8.13. The molecule has 1 N–H and O–H groups in total. The number of sulfonamides is 1. The molecule has 6 nitrogen and oxygen atoms in total. The molecule has 5 aromatic rings. The third-order valence-electron chi connectivity index (χ3n) is 6.43. The number of rotatable bonds is 7. The highest BCUT2D eigenvalue weighted by atomic mass is 35.5. The Balaban J connectivity index is 1.39. The Hall–Kier alpha value is -4.20. The Bertz CT molecular complexity index is 1810. The van der Waals surface area contributed by atoms with Gasteiger partial charge in [0, 0.05) is 10.6 Å². The van der Waals surface area contributed by atoms with Crippen LogP contribution in [0.4, 0.5) is 0 Å². The molecule has 0 aliphatic carbocycles. The maximum absolute atomic E-state index is 12.9. The molecule has 0 fully saturated rings. The molecule has 0 bridgehead atoms. The second-order valence-electron chi connectivity index (χ2n) is 9.29. The molecule has 0 spiro atoms. The van der Waals surface area contributed by atoms with Crippen LogP contribution in [0.25, 0.3) is 23.2 Å². The molecule has 8 heteroatoms. The summed E-state index contributed by atoms with van der Waals surface area (Å²) in [6.07, 6.45) is 4.04. The highest BCUT2D eigenvalue weighted by Crippen LogP contribution is 2.25. The summed E-state index contributed by atoms with van der Waals surface area (Å²) in [6, 6.07) is 27.2. The predicted molar refractivity (Wildman–Crippen MR) is 156 cm³/mol. The van der Waals surface area contributed by atoms with Gasteiger partial charge in [-0.15, -0.1) is 0 Å². The Morgan fingerprint density at radius 3 is 2.33 bits per heavy atom. The fourth-order valence-corrected chi connectivity index (χ4v) is 5.49. The molecule has 1 amide bonds. The molecule has 0 saturated heterocycles. The summed E-state index contributed by atoms with van der Waals surface area (Å²) in [5.74, 6) is 0.0365. The summed E-state index contributed by atoms with van der Waals surface area (Å²) in [7, 11) is -4.01. The first-order chi connectivity index (χ1) is 18.7. The average Bonchev–Trinajstić information content (AvgIpc) is 3.23. The summed E-state index contributed by atoms with van der Waals surface area (Å²) < 4.78 is 29.6. The number of carbonyl (C=O) groups is 1. The number of amides is 1. The minimum atomic E-state index is -4.01. The highest BCUT2D eigenvalue weighted by molar-refractivity contribution is 7.90. The number of halogens is 1. The molecular formula is C31H26ClN3O3S. The van der Waals surface area contributed by atoms with Crippen LogP contribution in [-0.2, 0) is 16.6 Å². The van der Waals surface area contributed by atoms with E-state index in [9.17, 15) is 13.2 Å². The molecule has 0 radical (unpaired) electrons. The lowest BCUT2D eigenvalue weighted by Gasteiger charge is -2.11. The molecule has 0 saturated carbocycles. The van der Waals surface area contributed by atoms with Gasteiger partial charge in [0.1, 0.15) is 5.82 Å². The smallest absolute Gasteiger partial charge is 0.265 e. The summed E-state index contributed by atoms with van der Waals surface area (Å²) in [4.78, 5) is 17.6. The van der Waals surface area contributed by atoms with Crippen molar-refractivity contribution in [2.24, 2.45) is 0 Å². The van der Waals surface area contributed by atoms with Gasteiger partial charge >= 0.3 is 0 Å². The monoisotopic (exact) mass is 555 g/mol. The molecule has 0 unspecified atom stereocenters. The van der Waals surface area contributed by atoms with E-state index in [1.165, 1.54) is 12.1 Å². The van der Waals surface area contributed by atoms with Crippen LogP contribution in [0.5, 0.6) is 0 Å². The van der Waals surface area contributed by atoms with Crippen molar-refractivity contribution in [2.45, 2.75) is 25.3 Å². The van der Waals surface area contributed by atoms with Gasteiger partial charge in [-0.2, -0.15) is 0 Å². The average molecular weight is 556 g/mol. The summed E-state index contributed by atoms with van der Waals surface area (Å²) in [5.41, 5.74) is 5.52. The zero-order valence-corrected chi connectivity index (χ0v) is 23.0. The van der Waals surface area contributed by atoms with E-state index in [1.807, 2.05) is 79.1 Å². The van der Waals surface area contributed by atoms with Crippen molar-refractivity contribution in [2.75, 3.05) is 0 Å². The van der Waals surface area contributed by atoms with Crippen LogP contribution in [-0.4, -0.2) is 23.9 Å². The number of hydrogen-bond acceptors (Lipinski definition) is 4. The topological polar surface area (TPSA) is 81.1 Å². The van der Waals surface area contributed by atoms with Gasteiger partial charge in [0.05, 0.1) is 22.5 Å². The number of nitrogens with zero attached hydrogens (tertiary/aromatic N) is 2. The van der Waals surface area contributed by atoms with E-state index in [-0.39, 0.29) is 10.5 Å². The Kier molecular flexibility index (Phi) is 7.37. The van der Waals surface area contributed by atoms with Crippen LogP contribution in [0, 0.1) is 13.8 Å². The number of benzene rings is 4. The van der Waals surface area contributed by atoms with Crippen LogP contribution < -0.4 is 4.72 Å².